The van der Waals surface area contributed by atoms with Gasteiger partial charge >= 0.3 is 5.51 Å². The predicted molar refractivity (Wildman–Crippen MR) is 53.5 cm³/mol. The van der Waals surface area contributed by atoms with Crippen LogP contribution in [-0.4, -0.2) is 12.6 Å². The lowest BCUT2D eigenvalue weighted by molar-refractivity contribution is -0.0336. The third-order valence-corrected chi connectivity index (χ3v) is 2.14. The van der Waals surface area contributed by atoms with Gasteiger partial charge < -0.3 is 4.74 Å². The normalized spacial score (nSPS) is 11.5. The van der Waals surface area contributed by atoms with Crippen LogP contribution in [0.5, 0.6) is 5.75 Å². The van der Waals surface area contributed by atoms with Crippen molar-refractivity contribution in [1.29, 1.82) is 0 Å². The predicted octanol–water partition coefficient (Wildman–Crippen LogP) is 2.95. The highest BCUT2D eigenvalue weighted by molar-refractivity contribution is 7.98. The Bertz CT molecular complexity index is 299. The Morgan fingerprint density at radius 2 is 1.87 bits per heavy atom. The largest absolute Gasteiger partial charge is 0.497 e. The van der Waals surface area contributed by atoms with Crippen LogP contribution in [-0.2, 0) is 6.54 Å². The zero-order valence-corrected chi connectivity index (χ0v) is 8.78. The molecule has 0 unspecified atom stereocenters. The molecule has 0 spiro atoms. The van der Waals surface area contributed by atoms with E-state index in [1.54, 1.807) is 24.3 Å². The Kier molecular flexibility index (Phi) is 4.28. The molecule has 1 rings (SSSR count). The lowest BCUT2D eigenvalue weighted by Gasteiger charge is -2.07. The van der Waals surface area contributed by atoms with Crippen molar-refractivity contribution in [3.63, 3.8) is 0 Å². The minimum absolute atomic E-state index is 0.161. The van der Waals surface area contributed by atoms with Crippen LogP contribution in [0.2, 0.25) is 0 Å². The summed E-state index contributed by atoms with van der Waals surface area (Å²) in [5.41, 5.74) is -3.47. The fourth-order valence-electron chi connectivity index (χ4n) is 0.945. The van der Waals surface area contributed by atoms with Crippen molar-refractivity contribution in [1.82, 2.24) is 4.72 Å². The van der Waals surface area contributed by atoms with Crippen LogP contribution in [0.3, 0.4) is 0 Å². The number of halogens is 3. The molecule has 0 aliphatic heterocycles. The number of hydrogen-bond acceptors (Lipinski definition) is 3. The minimum Gasteiger partial charge on any atom is -0.497 e. The van der Waals surface area contributed by atoms with Crippen molar-refractivity contribution in [3.05, 3.63) is 29.8 Å². The number of methoxy groups -OCH3 is 1. The first-order valence-electron chi connectivity index (χ1n) is 4.12. The molecule has 0 amide bonds. The van der Waals surface area contributed by atoms with Crippen LogP contribution < -0.4 is 9.46 Å². The van der Waals surface area contributed by atoms with Gasteiger partial charge in [-0.25, -0.2) is 0 Å². The lowest BCUT2D eigenvalue weighted by atomic mass is 10.2. The van der Waals surface area contributed by atoms with Gasteiger partial charge in [0.1, 0.15) is 5.75 Å². The van der Waals surface area contributed by atoms with E-state index < -0.39 is 5.51 Å². The molecule has 0 bridgehead atoms. The van der Waals surface area contributed by atoms with Crippen LogP contribution >= 0.6 is 11.9 Å². The molecule has 0 saturated carbocycles. The third kappa shape index (κ3) is 4.94. The molecule has 6 heteroatoms. The van der Waals surface area contributed by atoms with E-state index >= 15 is 0 Å². The standard InChI is InChI=1S/C9H10F3NOS/c1-14-8-4-2-7(3-5-8)6-13-15-9(10,11)12/h2-5,13H,6H2,1H3. The maximum absolute atomic E-state index is 11.8. The van der Waals surface area contributed by atoms with Crippen molar-refractivity contribution in [2.75, 3.05) is 7.11 Å². The second-order valence-corrected chi connectivity index (χ2v) is 3.67. The van der Waals surface area contributed by atoms with E-state index in [2.05, 4.69) is 4.72 Å². The summed E-state index contributed by atoms with van der Waals surface area (Å²) in [5, 5.41) is 0. The molecule has 1 aromatic rings. The summed E-state index contributed by atoms with van der Waals surface area (Å²) in [6.07, 6.45) is 0. The van der Waals surface area contributed by atoms with E-state index in [1.807, 2.05) is 0 Å². The second-order valence-electron chi connectivity index (χ2n) is 2.72. The Balaban J connectivity index is 2.38. The van der Waals surface area contributed by atoms with Crippen LogP contribution in [0.4, 0.5) is 13.2 Å². The summed E-state index contributed by atoms with van der Waals surface area (Å²) < 4.78 is 42.4. The molecule has 0 aliphatic rings. The summed E-state index contributed by atoms with van der Waals surface area (Å²) in [5.74, 6) is 0.683. The van der Waals surface area contributed by atoms with E-state index in [-0.39, 0.29) is 18.5 Å². The smallest absolute Gasteiger partial charge is 0.456 e. The van der Waals surface area contributed by atoms with E-state index in [9.17, 15) is 13.2 Å². The summed E-state index contributed by atoms with van der Waals surface area (Å²) in [6.45, 7) is 0.161. The van der Waals surface area contributed by atoms with E-state index in [0.29, 0.717) is 5.75 Å². The van der Waals surface area contributed by atoms with Gasteiger partial charge in [0.15, 0.2) is 0 Å². The van der Waals surface area contributed by atoms with Crippen molar-refractivity contribution in [2.24, 2.45) is 0 Å². The Hall–Kier alpha value is -0.880. The first-order chi connectivity index (χ1) is 7.01. The fraction of sp³-hybridized carbons (Fsp3) is 0.333. The number of ether oxygens (including phenoxy) is 1. The van der Waals surface area contributed by atoms with Gasteiger partial charge in [-0.05, 0) is 17.7 Å². The molecule has 84 valence electrons. The highest BCUT2D eigenvalue weighted by atomic mass is 32.2. The lowest BCUT2D eigenvalue weighted by Crippen LogP contribution is -2.12. The average molecular weight is 237 g/mol. The van der Waals surface area contributed by atoms with Crippen molar-refractivity contribution in [2.45, 2.75) is 12.1 Å². The average Bonchev–Trinajstić information content (AvgIpc) is 2.17. The van der Waals surface area contributed by atoms with Gasteiger partial charge in [-0.1, -0.05) is 12.1 Å². The first kappa shape index (κ1) is 12.2. The highest BCUT2D eigenvalue weighted by Crippen LogP contribution is 2.27. The van der Waals surface area contributed by atoms with Gasteiger partial charge in [-0.3, -0.25) is 4.72 Å². The minimum atomic E-state index is -4.24. The molecule has 0 aliphatic carbocycles. The molecule has 1 N–H and O–H groups in total. The molecule has 0 radical (unpaired) electrons. The van der Waals surface area contributed by atoms with Crippen molar-refractivity contribution in [3.8, 4) is 5.75 Å². The topological polar surface area (TPSA) is 21.3 Å². The van der Waals surface area contributed by atoms with Gasteiger partial charge in [-0.2, -0.15) is 13.2 Å². The summed E-state index contributed by atoms with van der Waals surface area (Å²) >= 11 is -0.243. The summed E-state index contributed by atoms with van der Waals surface area (Å²) in [7, 11) is 1.53. The molecule has 0 fully saturated rings. The summed E-state index contributed by atoms with van der Waals surface area (Å²) in [6, 6.07) is 6.83. The maximum atomic E-state index is 11.8. The molecule has 0 atom stereocenters. The number of nitrogens with one attached hydrogen (secondary N) is 1. The van der Waals surface area contributed by atoms with Crippen LogP contribution in [0.15, 0.2) is 24.3 Å². The molecule has 0 aromatic heterocycles. The molecule has 0 saturated heterocycles. The van der Waals surface area contributed by atoms with Crippen LogP contribution in [0.25, 0.3) is 0 Å². The quantitative estimate of drug-likeness (QED) is 0.813. The van der Waals surface area contributed by atoms with E-state index in [1.165, 1.54) is 7.11 Å². The fourth-order valence-corrected chi connectivity index (χ4v) is 1.35. The SMILES string of the molecule is COc1ccc(CNSC(F)(F)F)cc1. The molecule has 1 aromatic carbocycles. The Labute approximate surface area is 89.9 Å². The van der Waals surface area contributed by atoms with Crippen LogP contribution in [0, 0.1) is 0 Å². The van der Waals surface area contributed by atoms with Crippen molar-refractivity contribution >= 4 is 11.9 Å². The third-order valence-electron chi connectivity index (χ3n) is 1.62. The van der Waals surface area contributed by atoms with Gasteiger partial charge in [0, 0.05) is 18.5 Å². The monoisotopic (exact) mass is 237 g/mol. The van der Waals surface area contributed by atoms with E-state index in [4.69, 9.17) is 4.74 Å². The number of rotatable bonds is 4. The molecule has 2 nitrogen and oxygen atoms in total. The Morgan fingerprint density at radius 3 is 2.33 bits per heavy atom. The Morgan fingerprint density at radius 1 is 1.27 bits per heavy atom. The van der Waals surface area contributed by atoms with Gasteiger partial charge in [0.25, 0.3) is 0 Å². The number of hydrogen-bond donors (Lipinski definition) is 1. The highest BCUT2D eigenvalue weighted by Gasteiger charge is 2.28. The van der Waals surface area contributed by atoms with Gasteiger partial charge in [-0.15, -0.1) is 0 Å². The molecule has 0 heterocycles. The molecular formula is C9H10F3NOS. The molecule has 15 heavy (non-hydrogen) atoms. The zero-order chi connectivity index (χ0) is 11.3. The number of benzene rings is 1. The second kappa shape index (κ2) is 5.27. The molecular weight excluding hydrogens is 227 g/mol. The van der Waals surface area contributed by atoms with Gasteiger partial charge in [0.05, 0.1) is 7.11 Å². The maximum Gasteiger partial charge on any atom is 0.456 e. The zero-order valence-electron chi connectivity index (χ0n) is 7.97. The van der Waals surface area contributed by atoms with E-state index in [0.717, 1.165) is 5.56 Å². The van der Waals surface area contributed by atoms with Crippen molar-refractivity contribution < 1.29 is 17.9 Å². The number of alkyl halides is 3. The summed E-state index contributed by atoms with van der Waals surface area (Å²) in [4.78, 5) is 0. The first-order valence-corrected chi connectivity index (χ1v) is 4.93. The van der Waals surface area contributed by atoms with Gasteiger partial charge in [0.2, 0.25) is 0 Å². The van der Waals surface area contributed by atoms with Crippen LogP contribution in [0.1, 0.15) is 5.56 Å².